The van der Waals surface area contributed by atoms with Crippen LogP contribution in [-0.4, -0.2) is 4.98 Å². The summed E-state index contributed by atoms with van der Waals surface area (Å²) in [6.07, 6.45) is 1.81. The number of halogens is 1. The number of hydrogen-bond donors (Lipinski definition) is 0. The van der Waals surface area contributed by atoms with Crippen LogP contribution in [0.15, 0.2) is 24.5 Å². The zero-order valence-corrected chi connectivity index (χ0v) is 5.71. The van der Waals surface area contributed by atoms with E-state index in [2.05, 4.69) is 4.98 Å². The SMILES string of the molecule is Cc1cccc(/C=C\F)n1. The molecule has 0 bridgehead atoms. The number of aryl methyl sites for hydroxylation is 1. The molecule has 0 unspecified atom stereocenters. The minimum absolute atomic E-state index is 0.488. The predicted molar refractivity (Wildman–Crippen MR) is 39.1 cm³/mol. The molecule has 0 fully saturated rings. The Morgan fingerprint density at radius 3 is 2.90 bits per heavy atom. The Labute approximate surface area is 59.2 Å². The molecule has 0 radical (unpaired) electrons. The third-order valence-corrected chi connectivity index (χ3v) is 1.14. The minimum Gasteiger partial charge on any atom is -0.254 e. The van der Waals surface area contributed by atoms with Crippen LogP contribution in [0.5, 0.6) is 0 Å². The minimum atomic E-state index is 0.488. The normalized spacial score (nSPS) is 10.6. The Bertz CT molecular complexity index is 243. The summed E-state index contributed by atoms with van der Waals surface area (Å²) in [5.74, 6) is 0. The standard InChI is InChI=1S/C8H8FN/c1-7-3-2-4-8(10-7)5-6-9/h2-6H,1H3/b6-5-. The molecule has 0 aromatic carbocycles. The van der Waals surface area contributed by atoms with Gasteiger partial charge in [-0.2, -0.15) is 0 Å². The van der Waals surface area contributed by atoms with E-state index in [-0.39, 0.29) is 0 Å². The number of pyridine rings is 1. The molecule has 0 aliphatic heterocycles. The van der Waals surface area contributed by atoms with Crippen molar-refractivity contribution in [2.45, 2.75) is 6.92 Å². The second-order valence-electron chi connectivity index (χ2n) is 2.00. The Balaban J connectivity index is 2.95. The average Bonchev–Trinajstić information content (AvgIpc) is 1.88. The molecule has 2 heteroatoms. The lowest BCUT2D eigenvalue weighted by Crippen LogP contribution is -1.82. The lowest BCUT2D eigenvalue weighted by Gasteiger charge is -1.91. The maximum Gasteiger partial charge on any atom is 0.0888 e. The summed E-state index contributed by atoms with van der Waals surface area (Å²) in [6.45, 7) is 1.87. The van der Waals surface area contributed by atoms with Crippen LogP contribution in [0.25, 0.3) is 6.08 Å². The molecule has 1 aromatic heterocycles. The first-order chi connectivity index (χ1) is 4.83. The zero-order valence-electron chi connectivity index (χ0n) is 5.71. The Hall–Kier alpha value is -1.18. The Morgan fingerprint density at radius 1 is 1.50 bits per heavy atom. The van der Waals surface area contributed by atoms with Crippen LogP contribution in [0.2, 0.25) is 0 Å². The first-order valence-electron chi connectivity index (χ1n) is 3.03. The van der Waals surface area contributed by atoms with E-state index in [9.17, 15) is 4.39 Å². The number of rotatable bonds is 1. The molecule has 52 valence electrons. The van der Waals surface area contributed by atoms with Gasteiger partial charge < -0.3 is 0 Å². The average molecular weight is 137 g/mol. The number of hydrogen-bond acceptors (Lipinski definition) is 1. The van der Waals surface area contributed by atoms with Gasteiger partial charge in [0.1, 0.15) is 0 Å². The predicted octanol–water partition coefficient (Wildman–Crippen LogP) is 2.33. The molecule has 0 aliphatic rings. The van der Waals surface area contributed by atoms with E-state index in [0.717, 1.165) is 5.69 Å². The lowest BCUT2D eigenvalue weighted by molar-refractivity contribution is 0.727. The molecule has 1 rings (SSSR count). The molecule has 0 amide bonds. The van der Waals surface area contributed by atoms with Crippen molar-refractivity contribution < 1.29 is 4.39 Å². The smallest absolute Gasteiger partial charge is 0.0888 e. The van der Waals surface area contributed by atoms with Gasteiger partial charge in [0.05, 0.1) is 12.0 Å². The van der Waals surface area contributed by atoms with Gasteiger partial charge in [-0.25, -0.2) is 4.39 Å². The molecule has 1 nitrogen and oxygen atoms in total. The van der Waals surface area contributed by atoms with E-state index in [1.54, 1.807) is 6.07 Å². The first kappa shape index (κ1) is 6.93. The van der Waals surface area contributed by atoms with Gasteiger partial charge in [0.2, 0.25) is 0 Å². The van der Waals surface area contributed by atoms with Crippen LogP contribution in [0, 0.1) is 6.92 Å². The van der Waals surface area contributed by atoms with Crippen LogP contribution < -0.4 is 0 Å². The second-order valence-corrected chi connectivity index (χ2v) is 2.00. The molecule has 0 N–H and O–H groups in total. The summed E-state index contributed by atoms with van der Waals surface area (Å²) in [6, 6.07) is 5.47. The van der Waals surface area contributed by atoms with E-state index >= 15 is 0 Å². The summed E-state index contributed by atoms with van der Waals surface area (Å²) >= 11 is 0. The first-order valence-corrected chi connectivity index (χ1v) is 3.03. The second kappa shape index (κ2) is 3.11. The highest BCUT2D eigenvalue weighted by Gasteiger charge is 1.86. The summed E-state index contributed by atoms with van der Waals surface area (Å²) < 4.78 is 11.6. The van der Waals surface area contributed by atoms with Crippen molar-refractivity contribution >= 4 is 6.08 Å². The largest absolute Gasteiger partial charge is 0.254 e. The van der Waals surface area contributed by atoms with Crippen LogP contribution in [0.4, 0.5) is 4.39 Å². The van der Waals surface area contributed by atoms with E-state index in [4.69, 9.17) is 0 Å². The molecule has 1 heterocycles. The molecule has 1 aromatic rings. The van der Waals surface area contributed by atoms with E-state index in [1.165, 1.54) is 6.08 Å². The van der Waals surface area contributed by atoms with E-state index in [0.29, 0.717) is 12.0 Å². The fourth-order valence-electron chi connectivity index (χ4n) is 0.721. The van der Waals surface area contributed by atoms with Crippen molar-refractivity contribution in [1.82, 2.24) is 4.98 Å². The number of nitrogens with zero attached hydrogens (tertiary/aromatic N) is 1. The molecular formula is C8H8FN. The summed E-state index contributed by atoms with van der Waals surface area (Å²) in [7, 11) is 0. The van der Waals surface area contributed by atoms with Crippen molar-refractivity contribution in [2.24, 2.45) is 0 Å². The lowest BCUT2D eigenvalue weighted by atomic mass is 10.3. The third-order valence-electron chi connectivity index (χ3n) is 1.14. The Kier molecular flexibility index (Phi) is 2.15. The fourth-order valence-corrected chi connectivity index (χ4v) is 0.721. The van der Waals surface area contributed by atoms with Crippen molar-refractivity contribution in [1.29, 1.82) is 0 Å². The topological polar surface area (TPSA) is 12.9 Å². The van der Waals surface area contributed by atoms with Gasteiger partial charge in [-0.15, -0.1) is 0 Å². The van der Waals surface area contributed by atoms with Crippen molar-refractivity contribution in [3.05, 3.63) is 35.9 Å². The molecule has 0 atom stereocenters. The number of aromatic nitrogens is 1. The maximum absolute atomic E-state index is 11.6. The fraction of sp³-hybridized carbons (Fsp3) is 0.125. The van der Waals surface area contributed by atoms with Crippen molar-refractivity contribution in [3.63, 3.8) is 0 Å². The molecule has 0 spiro atoms. The summed E-state index contributed by atoms with van der Waals surface area (Å²) in [4.78, 5) is 4.04. The highest BCUT2D eigenvalue weighted by atomic mass is 19.1. The van der Waals surface area contributed by atoms with Gasteiger partial charge in [0.25, 0.3) is 0 Å². The molecule has 10 heavy (non-hydrogen) atoms. The van der Waals surface area contributed by atoms with Crippen LogP contribution >= 0.6 is 0 Å². The van der Waals surface area contributed by atoms with Gasteiger partial charge in [-0.1, -0.05) is 6.07 Å². The van der Waals surface area contributed by atoms with Crippen LogP contribution in [0.1, 0.15) is 11.4 Å². The van der Waals surface area contributed by atoms with Gasteiger partial charge in [-0.3, -0.25) is 4.98 Å². The van der Waals surface area contributed by atoms with E-state index < -0.39 is 0 Å². The van der Waals surface area contributed by atoms with E-state index in [1.807, 2.05) is 19.1 Å². The highest BCUT2D eigenvalue weighted by Crippen LogP contribution is 1.99. The Morgan fingerprint density at radius 2 is 2.30 bits per heavy atom. The molecular weight excluding hydrogens is 129 g/mol. The molecule has 0 saturated heterocycles. The zero-order chi connectivity index (χ0) is 7.40. The highest BCUT2D eigenvalue weighted by molar-refractivity contribution is 5.42. The maximum atomic E-state index is 11.6. The monoisotopic (exact) mass is 137 g/mol. The van der Waals surface area contributed by atoms with Gasteiger partial charge in [0, 0.05) is 5.69 Å². The van der Waals surface area contributed by atoms with Gasteiger partial charge in [0.15, 0.2) is 0 Å². The van der Waals surface area contributed by atoms with Crippen molar-refractivity contribution in [2.75, 3.05) is 0 Å². The third kappa shape index (κ3) is 1.65. The van der Waals surface area contributed by atoms with Crippen molar-refractivity contribution in [3.8, 4) is 0 Å². The molecule has 0 saturated carbocycles. The molecule has 0 aliphatic carbocycles. The van der Waals surface area contributed by atoms with Gasteiger partial charge >= 0.3 is 0 Å². The van der Waals surface area contributed by atoms with Crippen LogP contribution in [-0.2, 0) is 0 Å². The van der Waals surface area contributed by atoms with Crippen LogP contribution in [0.3, 0.4) is 0 Å². The van der Waals surface area contributed by atoms with Gasteiger partial charge in [-0.05, 0) is 25.1 Å². The quantitative estimate of drug-likeness (QED) is 0.578. The summed E-state index contributed by atoms with van der Waals surface area (Å²) in [5, 5.41) is 0. The summed E-state index contributed by atoms with van der Waals surface area (Å²) in [5.41, 5.74) is 1.55.